The molecule has 0 heterocycles. The molecule has 0 fully saturated rings. The van der Waals surface area contributed by atoms with Crippen LogP contribution in [0.3, 0.4) is 0 Å². The van der Waals surface area contributed by atoms with Crippen molar-refractivity contribution in [2.75, 3.05) is 0 Å². The monoisotopic (exact) mass is 159 g/mol. The summed E-state index contributed by atoms with van der Waals surface area (Å²) in [6.07, 6.45) is 0. The summed E-state index contributed by atoms with van der Waals surface area (Å²) >= 11 is 0. The van der Waals surface area contributed by atoms with Crippen LogP contribution in [0.15, 0.2) is 13.2 Å². The first-order chi connectivity index (χ1) is 2.73. The van der Waals surface area contributed by atoms with Crippen LogP contribution in [0.1, 0.15) is 7.43 Å². The molecule has 0 aliphatic rings. The van der Waals surface area contributed by atoms with Crippen LogP contribution >= 0.6 is 8.25 Å². The van der Waals surface area contributed by atoms with E-state index in [1.54, 1.807) is 0 Å². The Labute approximate surface area is 56.5 Å². The van der Waals surface area contributed by atoms with Crippen molar-refractivity contribution in [1.82, 2.24) is 12.3 Å². The van der Waals surface area contributed by atoms with Crippen LogP contribution < -0.4 is 12.3 Å². The third kappa shape index (κ3) is 2420. The minimum Gasteiger partial charge on any atom is -0.344 e. The van der Waals surface area contributed by atoms with Crippen LogP contribution in [-0.2, 0) is 4.57 Å². The minimum atomic E-state index is -2.87. The van der Waals surface area contributed by atoms with Gasteiger partial charge in [0.05, 0.1) is 0 Å². The second-order valence-electron chi connectivity index (χ2n) is 0.253. The predicted molar refractivity (Wildman–Crippen MR) is 40.1 cm³/mol. The zero-order valence-electron chi connectivity index (χ0n) is 4.58. The van der Waals surface area contributed by atoms with E-state index in [0.29, 0.717) is 0 Å². The summed E-state index contributed by atoms with van der Waals surface area (Å²) in [6.45, 7) is 6.00. The molecule has 0 rings (SSSR count). The topological polar surface area (TPSA) is 128 Å². The standard InChI is InChI=1S/C2H4.CH4.2H3N.HO3P/c1-2;;;;1-4(2)3/h1-2H2;1H4;2*1H3;(H-,1,2,3)/p+1. The summed E-state index contributed by atoms with van der Waals surface area (Å²) in [4.78, 5) is 14.2. The van der Waals surface area contributed by atoms with E-state index >= 15 is 0 Å². The summed E-state index contributed by atoms with van der Waals surface area (Å²) in [7, 11) is -2.87. The first-order valence-electron chi connectivity index (χ1n) is 1.08. The van der Waals surface area contributed by atoms with Gasteiger partial charge >= 0.3 is 8.25 Å². The molecule has 0 aromatic heterocycles. The lowest BCUT2D eigenvalue weighted by Crippen LogP contribution is -1.38. The fraction of sp³-hybridized carbons (Fsp3) is 0.333. The Balaban J connectivity index is -0.00000000990. The van der Waals surface area contributed by atoms with E-state index in [-0.39, 0.29) is 19.7 Å². The van der Waals surface area contributed by atoms with Gasteiger partial charge in [0, 0.05) is 4.57 Å². The van der Waals surface area contributed by atoms with Gasteiger partial charge < -0.3 is 12.3 Å². The third-order valence-electron chi connectivity index (χ3n) is 0. The molecule has 0 aliphatic carbocycles. The molecule has 0 amide bonds. The van der Waals surface area contributed by atoms with E-state index in [4.69, 9.17) is 14.4 Å². The highest BCUT2D eigenvalue weighted by molar-refractivity contribution is 7.30. The summed E-state index contributed by atoms with van der Waals surface area (Å²) in [5.41, 5.74) is 0. The number of rotatable bonds is 0. The second-order valence-corrected chi connectivity index (χ2v) is 0.758. The minimum absolute atomic E-state index is 0. The van der Waals surface area contributed by atoms with Gasteiger partial charge in [-0.05, 0) is 0 Å². The molecule has 0 radical (unpaired) electrons. The van der Waals surface area contributed by atoms with E-state index in [2.05, 4.69) is 13.2 Å². The molecule has 8 N–H and O–H groups in total. The molecule has 0 bridgehead atoms. The van der Waals surface area contributed by atoms with Crippen molar-refractivity contribution in [3.8, 4) is 0 Å². The van der Waals surface area contributed by atoms with Crippen LogP contribution in [0.25, 0.3) is 0 Å². The fourth-order valence-corrected chi connectivity index (χ4v) is 0. The summed E-state index contributed by atoms with van der Waals surface area (Å²) in [5.74, 6) is 0. The highest BCUT2D eigenvalue weighted by atomic mass is 31.1. The number of hydrogen-bond acceptors (Lipinski definition) is 3. The molecule has 0 unspecified atom stereocenters. The highest BCUT2D eigenvalue weighted by Gasteiger charge is 1.93. The van der Waals surface area contributed by atoms with Gasteiger partial charge in [-0.1, -0.05) is 7.43 Å². The van der Waals surface area contributed by atoms with Crippen molar-refractivity contribution >= 4 is 8.25 Å². The van der Waals surface area contributed by atoms with Gasteiger partial charge in [0.15, 0.2) is 0 Å². The van der Waals surface area contributed by atoms with Crippen LogP contribution in [0.5, 0.6) is 0 Å². The lowest BCUT2D eigenvalue weighted by molar-refractivity contribution is 0.405. The Hall–Kier alpha value is -0.320. The zero-order valence-corrected chi connectivity index (χ0v) is 5.47. The molecule has 0 saturated heterocycles. The van der Waals surface area contributed by atoms with E-state index in [1.807, 2.05) is 0 Å². The highest BCUT2D eigenvalue weighted by Crippen LogP contribution is 1.98. The molecule has 0 saturated carbocycles. The summed E-state index contributed by atoms with van der Waals surface area (Å²) in [6, 6.07) is 0. The van der Waals surface area contributed by atoms with Crippen molar-refractivity contribution in [3.63, 3.8) is 0 Å². The molecule has 6 heteroatoms. The SMILES string of the molecule is C.C=C.N.N.O=[P+](O)O. The van der Waals surface area contributed by atoms with Crippen molar-refractivity contribution < 1.29 is 14.4 Å². The Morgan fingerprint density at radius 3 is 1.11 bits per heavy atom. The molecule has 0 aromatic rings. The summed E-state index contributed by atoms with van der Waals surface area (Å²) < 4.78 is 8.70. The van der Waals surface area contributed by atoms with Gasteiger partial charge in [0.25, 0.3) is 0 Å². The van der Waals surface area contributed by atoms with Gasteiger partial charge in [-0.2, -0.15) is 0 Å². The Kier molecular flexibility index (Phi) is 200. The molecule has 9 heavy (non-hydrogen) atoms. The molecule has 0 aliphatic heterocycles. The van der Waals surface area contributed by atoms with E-state index in [1.165, 1.54) is 0 Å². The van der Waals surface area contributed by atoms with Crippen molar-refractivity contribution in [3.05, 3.63) is 13.2 Å². The van der Waals surface area contributed by atoms with Crippen molar-refractivity contribution in [1.29, 1.82) is 0 Å². The first kappa shape index (κ1) is 37.8. The first-order valence-corrected chi connectivity index (χ1v) is 2.25. The van der Waals surface area contributed by atoms with E-state index < -0.39 is 8.25 Å². The Bertz CT molecular complexity index is 48.3. The molecular weight excluding hydrogens is 143 g/mol. The van der Waals surface area contributed by atoms with E-state index in [9.17, 15) is 0 Å². The lowest BCUT2D eigenvalue weighted by atomic mass is 11.3. The third-order valence-corrected chi connectivity index (χ3v) is 0. The number of hydrogen-bond donors (Lipinski definition) is 4. The molecular formula is C3H16N2O3P+. The van der Waals surface area contributed by atoms with Crippen LogP contribution in [0, 0.1) is 0 Å². The zero-order chi connectivity index (χ0) is 5.58. The molecule has 60 valence electrons. The fourth-order valence-electron chi connectivity index (χ4n) is 0. The largest absolute Gasteiger partial charge is 0.692 e. The predicted octanol–water partition coefficient (Wildman–Crippen LogP) is 1.39. The maximum atomic E-state index is 8.70. The average molecular weight is 159 g/mol. The normalized spacial score (nSPS) is 3.33. The second kappa shape index (κ2) is 47.7. The van der Waals surface area contributed by atoms with Gasteiger partial charge in [0.2, 0.25) is 0 Å². The van der Waals surface area contributed by atoms with Crippen molar-refractivity contribution in [2.45, 2.75) is 7.43 Å². The smallest absolute Gasteiger partial charge is 0.344 e. The molecule has 0 aromatic carbocycles. The molecule has 5 nitrogen and oxygen atoms in total. The van der Waals surface area contributed by atoms with Crippen LogP contribution in [0.2, 0.25) is 0 Å². The van der Waals surface area contributed by atoms with Crippen LogP contribution in [-0.4, -0.2) is 9.79 Å². The van der Waals surface area contributed by atoms with Crippen molar-refractivity contribution in [2.24, 2.45) is 0 Å². The summed E-state index contributed by atoms with van der Waals surface area (Å²) in [5, 5.41) is 0. The van der Waals surface area contributed by atoms with Gasteiger partial charge in [-0.25, -0.2) is 0 Å². The van der Waals surface area contributed by atoms with E-state index in [0.717, 1.165) is 0 Å². The van der Waals surface area contributed by atoms with Crippen LogP contribution in [0.4, 0.5) is 0 Å². The quantitative estimate of drug-likeness (QED) is 0.313. The average Bonchev–Trinajstić information content (AvgIpc) is 1.41. The maximum absolute atomic E-state index is 8.70. The Morgan fingerprint density at radius 2 is 1.11 bits per heavy atom. The maximum Gasteiger partial charge on any atom is 0.692 e. The lowest BCUT2D eigenvalue weighted by Gasteiger charge is -1.34. The van der Waals surface area contributed by atoms with Gasteiger partial charge in [-0.3, -0.25) is 0 Å². The van der Waals surface area contributed by atoms with Gasteiger partial charge in [0.1, 0.15) is 0 Å². The molecule has 0 spiro atoms. The van der Waals surface area contributed by atoms with Gasteiger partial charge in [-0.15, -0.1) is 22.9 Å². The molecule has 0 atom stereocenters. The Morgan fingerprint density at radius 1 is 1.11 bits per heavy atom.